The van der Waals surface area contributed by atoms with Gasteiger partial charge in [-0.25, -0.2) is 8.42 Å². The minimum absolute atomic E-state index is 2.54. The van der Waals surface area contributed by atoms with E-state index in [9.17, 15) is 34.8 Å². The first-order valence-electron chi connectivity index (χ1n) is 2.91. The highest BCUT2D eigenvalue weighted by Gasteiger charge is 2.53. The van der Waals surface area contributed by atoms with Crippen molar-refractivity contribution in [2.45, 2.75) is 24.0 Å². The highest BCUT2D eigenvalue weighted by atomic mass is 35.7. The molecule has 86 valence electrons. The van der Waals surface area contributed by atoms with Gasteiger partial charge >= 0.3 is 12.4 Å². The second-order valence-electron chi connectivity index (χ2n) is 2.33. The van der Waals surface area contributed by atoms with Crippen LogP contribution in [0.15, 0.2) is 0 Å². The van der Waals surface area contributed by atoms with Gasteiger partial charge in [-0.15, -0.1) is 0 Å². The van der Waals surface area contributed by atoms with E-state index in [1.54, 1.807) is 0 Å². The van der Waals surface area contributed by atoms with Crippen LogP contribution in [0.3, 0.4) is 0 Å². The molecule has 10 heteroatoms. The van der Waals surface area contributed by atoms with Crippen LogP contribution in [0.25, 0.3) is 0 Å². The summed E-state index contributed by atoms with van der Waals surface area (Å²) in [7, 11) is -1.09. The third-order valence-corrected chi connectivity index (χ3v) is 2.88. The van der Waals surface area contributed by atoms with Crippen molar-refractivity contribution in [1.29, 1.82) is 0 Å². The van der Waals surface area contributed by atoms with Crippen LogP contribution >= 0.6 is 10.7 Å². The lowest BCUT2D eigenvalue weighted by Gasteiger charge is -2.18. The van der Waals surface area contributed by atoms with Gasteiger partial charge in [-0.05, 0) is 0 Å². The van der Waals surface area contributed by atoms with Gasteiger partial charge in [0, 0.05) is 10.7 Å². The summed E-state index contributed by atoms with van der Waals surface area (Å²) in [5.74, 6) is 0. The van der Waals surface area contributed by atoms with Crippen molar-refractivity contribution in [3.8, 4) is 0 Å². The zero-order valence-corrected chi connectivity index (χ0v) is 7.73. The summed E-state index contributed by atoms with van der Waals surface area (Å²) in [5.41, 5.74) is 0. The lowest BCUT2D eigenvalue weighted by atomic mass is 10.3. The monoisotopic (exact) mass is 264 g/mol. The quantitative estimate of drug-likeness (QED) is 0.567. The third kappa shape index (κ3) is 4.89. The van der Waals surface area contributed by atoms with Crippen molar-refractivity contribution in [2.75, 3.05) is 0 Å². The maximum Gasteiger partial charge on any atom is 0.407 e. The second-order valence-corrected chi connectivity index (χ2v) is 5.14. The van der Waals surface area contributed by atoms with Crippen LogP contribution in [0.2, 0.25) is 0 Å². The van der Waals surface area contributed by atoms with Crippen molar-refractivity contribution >= 4 is 19.7 Å². The summed E-state index contributed by atoms with van der Waals surface area (Å²) in [6.07, 6.45) is -13.3. The van der Waals surface area contributed by atoms with Gasteiger partial charge in [0.15, 0.2) is 5.25 Å². The Kier molecular flexibility index (Phi) is 3.71. The molecule has 0 aromatic rings. The maximum absolute atomic E-state index is 11.8. The molecule has 1 unspecified atom stereocenters. The smallest absolute Gasteiger partial charge is 0.212 e. The molecular weight excluding hydrogens is 262 g/mol. The van der Waals surface area contributed by atoms with Gasteiger partial charge in [-0.3, -0.25) is 0 Å². The van der Waals surface area contributed by atoms with E-state index in [1.165, 1.54) is 0 Å². The first kappa shape index (κ1) is 13.8. The standard InChI is InChI=1S/C4H3ClF6O2S/c5-14(12,13)2(4(9,10)11)1-3(6,7)8/h2H,1H2. The van der Waals surface area contributed by atoms with Gasteiger partial charge in [0.25, 0.3) is 0 Å². The molecule has 0 spiro atoms. The summed E-state index contributed by atoms with van der Waals surface area (Å²) >= 11 is 0. The highest BCUT2D eigenvalue weighted by Crippen LogP contribution is 2.36. The van der Waals surface area contributed by atoms with E-state index in [1.807, 2.05) is 0 Å². The minimum atomic E-state index is -5.53. The molecule has 0 aliphatic carbocycles. The van der Waals surface area contributed by atoms with Crippen LogP contribution in [-0.2, 0) is 9.05 Å². The van der Waals surface area contributed by atoms with Crippen molar-refractivity contribution in [2.24, 2.45) is 0 Å². The summed E-state index contributed by atoms with van der Waals surface area (Å²) in [5, 5.41) is -3.61. The molecule has 0 aliphatic rings. The SMILES string of the molecule is O=S(=O)(Cl)C(CC(F)(F)F)C(F)(F)F. The Morgan fingerprint density at radius 2 is 1.43 bits per heavy atom. The Labute approximate surface area is 79.3 Å². The third-order valence-electron chi connectivity index (χ3n) is 1.12. The van der Waals surface area contributed by atoms with Gasteiger partial charge in [0.05, 0.1) is 6.42 Å². The lowest BCUT2D eigenvalue weighted by Crippen LogP contribution is -2.38. The van der Waals surface area contributed by atoms with E-state index < -0.39 is 33.1 Å². The zero-order valence-electron chi connectivity index (χ0n) is 6.15. The Morgan fingerprint density at radius 3 is 1.50 bits per heavy atom. The zero-order chi connectivity index (χ0) is 11.8. The molecule has 1 atom stereocenters. The van der Waals surface area contributed by atoms with Crippen LogP contribution < -0.4 is 0 Å². The predicted octanol–water partition coefficient (Wildman–Crippen LogP) is 2.44. The van der Waals surface area contributed by atoms with E-state index in [2.05, 4.69) is 10.7 Å². The second kappa shape index (κ2) is 3.76. The first-order valence-corrected chi connectivity index (χ1v) is 5.28. The normalized spacial score (nSPS) is 16.8. The number of rotatable bonds is 2. The summed E-state index contributed by atoms with van der Waals surface area (Å²) in [4.78, 5) is 0. The van der Waals surface area contributed by atoms with Crippen molar-refractivity contribution in [3.05, 3.63) is 0 Å². The molecule has 0 radical (unpaired) electrons. The number of hydrogen-bond donors (Lipinski definition) is 0. The fourth-order valence-corrected chi connectivity index (χ4v) is 1.78. The molecule has 0 N–H and O–H groups in total. The molecule has 0 aromatic heterocycles. The maximum atomic E-state index is 11.8. The van der Waals surface area contributed by atoms with E-state index in [-0.39, 0.29) is 0 Å². The molecule has 0 amide bonds. The highest BCUT2D eigenvalue weighted by molar-refractivity contribution is 8.14. The van der Waals surface area contributed by atoms with Crippen molar-refractivity contribution in [3.63, 3.8) is 0 Å². The predicted molar refractivity (Wildman–Crippen MR) is 35.3 cm³/mol. The van der Waals surface area contributed by atoms with E-state index in [4.69, 9.17) is 0 Å². The Bertz CT molecular complexity index is 290. The molecule has 0 aliphatic heterocycles. The van der Waals surface area contributed by atoms with Gasteiger partial charge in [0.1, 0.15) is 0 Å². The lowest BCUT2D eigenvalue weighted by molar-refractivity contribution is -0.179. The Balaban J connectivity index is 4.98. The molecule has 0 saturated heterocycles. The first-order chi connectivity index (χ1) is 5.84. The minimum Gasteiger partial charge on any atom is -0.212 e. The molecule has 0 saturated carbocycles. The fraction of sp³-hybridized carbons (Fsp3) is 1.00. The topological polar surface area (TPSA) is 34.1 Å². The van der Waals surface area contributed by atoms with Crippen LogP contribution in [0.5, 0.6) is 0 Å². The number of alkyl halides is 6. The molecule has 0 fully saturated rings. The van der Waals surface area contributed by atoms with Crippen molar-refractivity contribution in [1.82, 2.24) is 0 Å². The average molecular weight is 265 g/mol. The summed E-state index contributed by atoms with van der Waals surface area (Å²) < 4.78 is 90.4. The summed E-state index contributed by atoms with van der Waals surface area (Å²) in [6.45, 7) is 0. The molecular formula is C4H3ClF6O2S. The van der Waals surface area contributed by atoms with Crippen molar-refractivity contribution < 1.29 is 34.8 Å². The number of hydrogen-bond acceptors (Lipinski definition) is 2. The number of halogens is 7. The van der Waals surface area contributed by atoms with Crippen LogP contribution in [0.1, 0.15) is 6.42 Å². The largest absolute Gasteiger partial charge is 0.407 e. The Morgan fingerprint density at radius 1 is 1.07 bits per heavy atom. The van der Waals surface area contributed by atoms with E-state index >= 15 is 0 Å². The van der Waals surface area contributed by atoms with Gasteiger partial charge in [-0.2, -0.15) is 26.3 Å². The average Bonchev–Trinajstić information content (AvgIpc) is 1.75. The molecule has 0 aromatic carbocycles. The van der Waals surface area contributed by atoms with Gasteiger partial charge in [0.2, 0.25) is 9.05 Å². The fourth-order valence-electron chi connectivity index (χ4n) is 0.585. The summed E-state index contributed by atoms with van der Waals surface area (Å²) in [6, 6.07) is 0. The van der Waals surface area contributed by atoms with Crippen LogP contribution in [0, 0.1) is 0 Å². The van der Waals surface area contributed by atoms with E-state index in [0.29, 0.717) is 0 Å². The van der Waals surface area contributed by atoms with Crippen LogP contribution in [-0.4, -0.2) is 26.0 Å². The Hall–Kier alpha value is -0.180. The molecule has 14 heavy (non-hydrogen) atoms. The van der Waals surface area contributed by atoms with Gasteiger partial charge in [-0.1, -0.05) is 0 Å². The van der Waals surface area contributed by atoms with Crippen LogP contribution in [0.4, 0.5) is 26.3 Å². The molecule has 0 heterocycles. The molecule has 0 rings (SSSR count). The molecule has 2 nitrogen and oxygen atoms in total. The van der Waals surface area contributed by atoms with E-state index in [0.717, 1.165) is 0 Å². The molecule has 0 bridgehead atoms. The van der Waals surface area contributed by atoms with Gasteiger partial charge < -0.3 is 0 Å².